The number of aromatic carboxylic acids is 1. The van der Waals surface area contributed by atoms with Crippen molar-refractivity contribution in [3.63, 3.8) is 0 Å². The van der Waals surface area contributed by atoms with Crippen LogP contribution in [0.4, 0.5) is 5.69 Å². The summed E-state index contributed by atoms with van der Waals surface area (Å²) in [5.41, 5.74) is -0.495. The second-order valence-electron chi connectivity index (χ2n) is 3.73. The Balaban J connectivity index is 3.23. The van der Waals surface area contributed by atoms with E-state index in [-0.39, 0.29) is 15.7 Å². The molecule has 7 nitrogen and oxygen atoms in total. The van der Waals surface area contributed by atoms with Gasteiger partial charge < -0.3 is 5.11 Å². The minimum atomic E-state index is -4.20. The number of para-hydroxylation sites is 1. The average Bonchev–Trinajstić information content (AvgIpc) is 2.16. The van der Waals surface area contributed by atoms with E-state index in [0.29, 0.717) is 0 Å². The maximum atomic E-state index is 11.6. The van der Waals surface area contributed by atoms with Crippen molar-refractivity contribution in [3.8, 4) is 0 Å². The number of carboxylic acids is 1. The number of halogens is 1. The standard InChI is InChI=1S/C9H10BrNO6S2/c1-18(14,15)5-19(16,17)11-8-6(9(12)13)3-2-4-7(8)10/h2-4,11H,5H2,1H3,(H,12,13). The summed E-state index contributed by atoms with van der Waals surface area (Å²) in [5, 5.41) is 7.82. The Bertz CT molecular complexity index is 710. The van der Waals surface area contributed by atoms with Gasteiger partial charge in [-0.15, -0.1) is 0 Å². The van der Waals surface area contributed by atoms with Crippen LogP contribution in [-0.4, -0.2) is 39.3 Å². The normalized spacial score (nSPS) is 12.1. The van der Waals surface area contributed by atoms with Crippen LogP contribution in [0.15, 0.2) is 22.7 Å². The van der Waals surface area contributed by atoms with Crippen molar-refractivity contribution in [2.24, 2.45) is 0 Å². The maximum absolute atomic E-state index is 11.6. The molecular formula is C9H10BrNO6S2. The summed E-state index contributed by atoms with van der Waals surface area (Å²) in [6.45, 7) is 0. The molecular weight excluding hydrogens is 362 g/mol. The molecule has 0 aliphatic rings. The summed E-state index contributed by atoms with van der Waals surface area (Å²) in [6, 6.07) is 4.05. The van der Waals surface area contributed by atoms with Gasteiger partial charge in [-0.25, -0.2) is 21.6 Å². The van der Waals surface area contributed by atoms with Crippen molar-refractivity contribution in [3.05, 3.63) is 28.2 Å². The fourth-order valence-corrected chi connectivity index (χ4v) is 4.89. The molecule has 0 saturated carbocycles. The lowest BCUT2D eigenvalue weighted by molar-refractivity contribution is 0.0698. The minimum Gasteiger partial charge on any atom is -0.478 e. The van der Waals surface area contributed by atoms with E-state index in [1.54, 1.807) is 0 Å². The van der Waals surface area contributed by atoms with Gasteiger partial charge in [-0.3, -0.25) is 4.72 Å². The molecule has 10 heteroatoms. The number of benzene rings is 1. The molecule has 19 heavy (non-hydrogen) atoms. The third kappa shape index (κ3) is 4.80. The fraction of sp³-hybridized carbons (Fsp3) is 0.222. The van der Waals surface area contributed by atoms with E-state index in [9.17, 15) is 21.6 Å². The topological polar surface area (TPSA) is 118 Å². The van der Waals surface area contributed by atoms with E-state index in [1.165, 1.54) is 18.2 Å². The summed E-state index contributed by atoms with van der Waals surface area (Å²) < 4.78 is 47.4. The Morgan fingerprint density at radius 3 is 2.37 bits per heavy atom. The molecule has 1 aromatic rings. The molecule has 0 fully saturated rings. The lowest BCUT2D eigenvalue weighted by Gasteiger charge is -2.11. The fourth-order valence-electron chi connectivity index (χ4n) is 1.27. The molecule has 0 bridgehead atoms. The molecule has 0 saturated heterocycles. The number of carbonyl (C=O) groups is 1. The predicted octanol–water partition coefficient (Wildman–Crippen LogP) is 0.891. The van der Waals surface area contributed by atoms with E-state index < -0.39 is 30.9 Å². The van der Waals surface area contributed by atoms with Crippen LogP contribution in [0.1, 0.15) is 10.4 Å². The predicted molar refractivity (Wildman–Crippen MR) is 73.4 cm³/mol. The molecule has 0 unspecified atom stereocenters. The first kappa shape index (κ1) is 15.9. The molecule has 0 radical (unpaired) electrons. The molecule has 0 amide bonds. The highest BCUT2D eigenvalue weighted by atomic mass is 79.9. The van der Waals surface area contributed by atoms with Gasteiger partial charge in [0.05, 0.1) is 11.3 Å². The monoisotopic (exact) mass is 371 g/mol. The van der Waals surface area contributed by atoms with Gasteiger partial charge in [0.15, 0.2) is 14.9 Å². The van der Waals surface area contributed by atoms with Crippen LogP contribution in [0.3, 0.4) is 0 Å². The van der Waals surface area contributed by atoms with E-state index in [1.807, 2.05) is 4.72 Å². The number of sulfone groups is 1. The van der Waals surface area contributed by atoms with Crippen LogP contribution in [-0.2, 0) is 19.9 Å². The Morgan fingerprint density at radius 2 is 1.89 bits per heavy atom. The van der Waals surface area contributed by atoms with Crippen molar-refractivity contribution in [1.29, 1.82) is 0 Å². The number of sulfonamides is 1. The number of hydrogen-bond donors (Lipinski definition) is 2. The highest BCUT2D eigenvalue weighted by Crippen LogP contribution is 2.27. The molecule has 0 aliphatic heterocycles. The van der Waals surface area contributed by atoms with Gasteiger partial charge in [0.2, 0.25) is 10.0 Å². The van der Waals surface area contributed by atoms with E-state index in [0.717, 1.165) is 6.26 Å². The van der Waals surface area contributed by atoms with Crippen molar-refractivity contribution in [2.45, 2.75) is 0 Å². The van der Waals surface area contributed by atoms with Crippen LogP contribution in [0.5, 0.6) is 0 Å². The summed E-state index contributed by atoms with van der Waals surface area (Å²) in [6.07, 6.45) is 0.768. The third-order valence-electron chi connectivity index (χ3n) is 1.87. The molecule has 0 spiro atoms. The number of rotatable bonds is 5. The highest BCUT2D eigenvalue weighted by molar-refractivity contribution is 9.10. The van der Waals surface area contributed by atoms with Crippen molar-refractivity contribution < 1.29 is 26.7 Å². The Kier molecular flexibility index (Phi) is 4.59. The first-order valence-corrected chi connectivity index (χ1v) is 9.22. The maximum Gasteiger partial charge on any atom is 0.337 e. The number of carboxylic acid groups (broad SMARTS) is 1. The lowest BCUT2D eigenvalue weighted by atomic mass is 10.2. The zero-order valence-corrected chi connectivity index (χ0v) is 12.8. The number of nitrogens with one attached hydrogen (secondary N) is 1. The first-order chi connectivity index (χ1) is 8.52. The molecule has 1 rings (SSSR count). The summed E-state index contributed by atoms with van der Waals surface area (Å²) in [7, 11) is -7.96. The molecule has 2 N–H and O–H groups in total. The van der Waals surface area contributed by atoms with Gasteiger partial charge in [-0.05, 0) is 28.1 Å². The number of hydrogen-bond acceptors (Lipinski definition) is 5. The Labute approximate surface area is 118 Å². The van der Waals surface area contributed by atoms with Gasteiger partial charge in [0.25, 0.3) is 0 Å². The van der Waals surface area contributed by atoms with E-state index in [4.69, 9.17) is 5.11 Å². The Hall–Kier alpha value is -1.13. The smallest absolute Gasteiger partial charge is 0.337 e. The van der Waals surface area contributed by atoms with Gasteiger partial charge in [0.1, 0.15) is 0 Å². The molecule has 0 heterocycles. The van der Waals surface area contributed by atoms with Gasteiger partial charge in [-0.2, -0.15) is 0 Å². The minimum absolute atomic E-state index is 0.199. The van der Waals surface area contributed by atoms with E-state index >= 15 is 0 Å². The summed E-state index contributed by atoms with van der Waals surface area (Å²) in [5.74, 6) is -1.33. The second kappa shape index (κ2) is 5.47. The Morgan fingerprint density at radius 1 is 1.32 bits per heavy atom. The van der Waals surface area contributed by atoms with Crippen molar-refractivity contribution in [1.82, 2.24) is 0 Å². The van der Waals surface area contributed by atoms with E-state index in [2.05, 4.69) is 15.9 Å². The number of anilines is 1. The molecule has 0 aliphatic carbocycles. The van der Waals surface area contributed by atoms with Gasteiger partial charge >= 0.3 is 5.97 Å². The second-order valence-corrected chi connectivity index (χ2v) is 8.81. The summed E-state index contributed by atoms with van der Waals surface area (Å²) >= 11 is 3.01. The zero-order valence-electron chi connectivity index (χ0n) is 9.62. The highest BCUT2D eigenvalue weighted by Gasteiger charge is 2.22. The first-order valence-electron chi connectivity index (χ1n) is 4.72. The zero-order chi connectivity index (χ0) is 14.8. The average molecular weight is 372 g/mol. The molecule has 0 atom stereocenters. The molecule has 0 aromatic heterocycles. The van der Waals surface area contributed by atoms with Crippen LogP contribution in [0.2, 0.25) is 0 Å². The van der Waals surface area contributed by atoms with Gasteiger partial charge in [0, 0.05) is 10.7 Å². The van der Waals surface area contributed by atoms with Crippen LogP contribution in [0.25, 0.3) is 0 Å². The van der Waals surface area contributed by atoms with Crippen molar-refractivity contribution in [2.75, 3.05) is 16.1 Å². The SMILES string of the molecule is CS(=O)(=O)CS(=O)(=O)Nc1c(Br)cccc1C(=O)O. The third-order valence-corrected chi connectivity index (χ3v) is 6.00. The summed E-state index contributed by atoms with van der Waals surface area (Å²) in [4.78, 5) is 11.0. The van der Waals surface area contributed by atoms with Crippen LogP contribution < -0.4 is 4.72 Å². The van der Waals surface area contributed by atoms with Crippen LogP contribution >= 0.6 is 15.9 Å². The quantitative estimate of drug-likeness (QED) is 0.793. The molecule has 1 aromatic carbocycles. The largest absolute Gasteiger partial charge is 0.478 e. The van der Waals surface area contributed by atoms with Crippen LogP contribution in [0, 0.1) is 0 Å². The van der Waals surface area contributed by atoms with Crippen molar-refractivity contribution >= 4 is 47.4 Å². The van der Waals surface area contributed by atoms with Gasteiger partial charge in [-0.1, -0.05) is 6.07 Å². The molecule has 106 valence electrons. The lowest BCUT2D eigenvalue weighted by Crippen LogP contribution is -2.23.